The van der Waals surface area contributed by atoms with Gasteiger partial charge in [-0.2, -0.15) is 0 Å². The molecule has 4 heterocycles. The molecule has 2 fully saturated rings. The minimum absolute atomic E-state index is 0.00948. The van der Waals surface area contributed by atoms with E-state index in [1.807, 2.05) is 6.92 Å². The van der Waals surface area contributed by atoms with Gasteiger partial charge in [-0.05, 0) is 61.7 Å². The molecule has 0 saturated carbocycles. The number of nitrogens with one attached hydrogen (secondary N) is 3. The highest BCUT2D eigenvalue weighted by atomic mass is 32.2. The number of H-pyrrole nitrogens is 1. The molecule has 0 spiro atoms. The van der Waals surface area contributed by atoms with E-state index < -0.39 is 77.8 Å². The summed E-state index contributed by atoms with van der Waals surface area (Å²) in [7, 11) is 2.71. The Kier molecular flexibility index (Phi) is 15.8. The lowest BCUT2D eigenvalue weighted by Gasteiger charge is -2.51. The van der Waals surface area contributed by atoms with Crippen molar-refractivity contribution in [2.75, 3.05) is 39.4 Å². The fraction of sp³-hybridized carbons (Fsp3) is 0.468. The van der Waals surface area contributed by atoms with Gasteiger partial charge in [0.25, 0.3) is 0 Å². The summed E-state index contributed by atoms with van der Waals surface area (Å²) in [5, 5.41) is 41.9. The molecule has 9 unspecified atom stereocenters. The van der Waals surface area contributed by atoms with E-state index in [1.165, 1.54) is 31.3 Å². The Hall–Kier alpha value is -5.03. The number of benzene rings is 1. The molecule has 4 aliphatic rings. The van der Waals surface area contributed by atoms with Crippen molar-refractivity contribution in [2.45, 2.75) is 93.6 Å². The Bertz CT molecular complexity index is 2590. The van der Waals surface area contributed by atoms with Gasteiger partial charge in [-0.15, -0.1) is 11.8 Å². The number of phenolic OH excluding ortho intramolecular Hbond substituents is 1. The molecule has 3 aromatic rings. The van der Waals surface area contributed by atoms with Gasteiger partial charge in [-0.25, -0.2) is 4.79 Å². The van der Waals surface area contributed by atoms with Crippen molar-refractivity contribution in [2.24, 2.45) is 5.92 Å². The largest absolute Gasteiger partial charge is 0.508 e. The molecule has 0 bridgehead atoms. The molecule has 2 aliphatic carbocycles. The number of hydrogen-bond acceptors (Lipinski definition) is 17. The SMILES string of the molecule is CCNC1COC(OC2C(O[C@H]3C#C/C=C\C#CC4=C(NC(=O)OC)C(=O)C[C@H](O)/C(=C/CSC(C)=O)C43)OC(C)C(SC)(C(=O)c3nccc4c3[nH]c3ccc(O)cc34)C2O)CC1OC. The third-order valence-corrected chi connectivity index (χ3v) is 14.2. The molecule has 2 saturated heterocycles. The van der Waals surface area contributed by atoms with Crippen molar-refractivity contribution in [3.05, 3.63) is 71.2 Å². The summed E-state index contributed by atoms with van der Waals surface area (Å²) in [6.45, 7) is 5.82. The molecule has 350 valence electrons. The number of aliphatic hydroxyl groups excluding tert-OH is 2. The first kappa shape index (κ1) is 48.9. The number of phenols is 1. The number of hydrogen-bond donors (Lipinski definition) is 6. The van der Waals surface area contributed by atoms with E-state index in [4.69, 9.17) is 28.4 Å². The molecule has 0 radical (unpaired) electrons. The number of alkyl carbamates (subject to hydrolysis) is 1. The first-order valence-corrected chi connectivity index (χ1v) is 23.5. The Morgan fingerprint density at radius 1 is 1.12 bits per heavy atom. The van der Waals surface area contributed by atoms with Gasteiger partial charge in [0.15, 0.2) is 23.5 Å². The van der Waals surface area contributed by atoms with Crippen LogP contribution >= 0.6 is 23.5 Å². The van der Waals surface area contributed by atoms with Crippen LogP contribution in [0, 0.1) is 29.6 Å². The van der Waals surface area contributed by atoms with Crippen molar-refractivity contribution in [3.63, 3.8) is 0 Å². The van der Waals surface area contributed by atoms with Crippen LogP contribution in [0.4, 0.5) is 4.79 Å². The van der Waals surface area contributed by atoms with E-state index in [2.05, 4.69) is 44.3 Å². The Morgan fingerprint density at radius 2 is 1.91 bits per heavy atom. The molecule has 19 heteroatoms. The van der Waals surface area contributed by atoms with E-state index in [0.717, 1.165) is 30.6 Å². The predicted molar refractivity (Wildman–Crippen MR) is 246 cm³/mol. The number of aromatic nitrogens is 2. The number of pyridine rings is 1. The topological polar surface area (TPSA) is 237 Å². The van der Waals surface area contributed by atoms with Crippen molar-refractivity contribution < 1.29 is 62.9 Å². The number of aromatic amines is 1. The standard InChI is InChI=1S/C47H52N4O13S2/c1-7-48-32-23-61-37(22-36(32)59-4)64-42-44(57)47(65-6,43(56)41-40-27(16-18-49-41)30-20-26(53)14-15-31(30)50-40)24(2)62-45(42)63-35-13-11-9-8-10-12-29-38(35)28(17-19-66-25(3)52)33(54)21-34(55)39(29)51-46(58)60-5/h8-9,14-18,20,24,32-33,35-38,42,44-45,48,50,53-54,57H,7,19,21-23H2,1-6H3,(H,51,58)/b9-8-,28-17-/t24?,32?,33-,35-,36?,37?,38?,42?,44?,45?,47?/m0/s1. The molecule has 2 aromatic heterocycles. The van der Waals surface area contributed by atoms with Crippen LogP contribution in [0.2, 0.25) is 0 Å². The first-order chi connectivity index (χ1) is 31.8. The van der Waals surface area contributed by atoms with Crippen LogP contribution in [-0.2, 0) is 38.0 Å². The first-order valence-electron chi connectivity index (χ1n) is 21.3. The summed E-state index contributed by atoms with van der Waals surface area (Å²) in [6.07, 6.45) is -3.61. The van der Waals surface area contributed by atoms with Crippen LogP contribution in [-0.4, -0.2) is 147 Å². The van der Waals surface area contributed by atoms with Crippen LogP contribution in [0.3, 0.4) is 0 Å². The number of ketones is 2. The summed E-state index contributed by atoms with van der Waals surface area (Å²) in [5.74, 6) is 9.50. The number of carbonyl (C=O) groups excluding carboxylic acids is 4. The number of likely N-dealkylation sites (N-methyl/N-ethyl adjacent to an activating group) is 1. The smallest absolute Gasteiger partial charge is 0.411 e. The molecular formula is C47H52N4O13S2. The highest BCUT2D eigenvalue weighted by Gasteiger charge is 2.61. The number of amides is 1. The van der Waals surface area contributed by atoms with Crippen molar-refractivity contribution in [3.8, 4) is 29.4 Å². The molecule has 1 aromatic carbocycles. The lowest BCUT2D eigenvalue weighted by atomic mass is 9.82. The van der Waals surface area contributed by atoms with E-state index in [1.54, 1.807) is 44.6 Å². The van der Waals surface area contributed by atoms with Gasteiger partial charge < -0.3 is 54.0 Å². The van der Waals surface area contributed by atoms with Gasteiger partial charge in [-0.3, -0.25) is 24.7 Å². The highest BCUT2D eigenvalue weighted by molar-refractivity contribution is 8.13. The number of aromatic hydroxyl groups is 1. The maximum Gasteiger partial charge on any atom is 0.411 e. The number of allylic oxidation sites excluding steroid dienone is 3. The minimum Gasteiger partial charge on any atom is -0.508 e. The lowest BCUT2D eigenvalue weighted by molar-refractivity contribution is -0.326. The molecule has 11 atom stereocenters. The zero-order valence-corrected chi connectivity index (χ0v) is 38.7. The predicted octanol–water partition coefficient (Wildman–Crippen LogP) is 3.66. The normalized spacial score (nSPS) is 31.0. The number of rotatable bonds is 13. The Morgan fingerprint density at radius 3 is 2.64 bits per heavy atom. The van der Waals surface area contributed by atoms with Crippen LogP contribution in [0.25, 0.3) is 21.8 Å². The number of ether oxygens (including phenoxy) is 6. The molecule has 17 nitrogen and oxygen atoms in total. The molecule has 66 heavy (non-hydrogen) atoms. The van der Waals surface area contributed by atoms with Crippen molar-refractivity contribution in [1.29, 1.82) is 0 Å². The monoisotopic (exact) mass is 944 g/mol. The minimum atomic E-state index is -1.80. The fourth-order valence-electron chi connectivity index (χ4n) is 8.88. The van der Waals surface area contributed by atoms with Gasteiger partial charge >= 0.3 is 6.09 Å². The number of Topliss-reactive ketones (excluding diaryl/α,β-unsaturated/α-hetero) is 2. The van der Waals surface area contributed by atoms with Gasteiger partial charge in [0.05, 0.1) is 55.2 Å². The maximum atomic E-state index is 15.3. The maximum absolute atomic E-state index is 15.3. The summed E-state index contributed by atoms with van der Waals surface area (Å²) < 4.78 is 35.4. The number of methoxy groups -OCH3 is 2. The van der Waals surface area contributed by atoms with Crippen molar-refractivity contribution in [1.82, 2.24) is 20.6 Å². The summed E-state index contributed by atoms with van der Waals surface area (Å²) in [4.78, 5) is 61.8. The average molecular weight is 945 g/mol. The number of fused-ring (bicyclic) bond motifs is 4. The van der Waals surface area contributed by atoms with Gasteiger partial charge in [-0.1, -0.05) is 48.4 Å². The van der Waals surface area contributed by atoms with Gasteiger partial charge in [0, 0.05) is 60.7 Å². The molecule has 1 amide bonds. The fourth-order valence-corrected chi connectivity index (χ4v) is 10.4. The van der Waals surface area contributed by atoms with E-state index in [-0.39, 0.29) is 64.3 Å². The summed E-state index contributed by atoms with van der Waals surface area (Å²) in [6, 6.07) is 6.35. The Balaban J connectivity index is 1.35. The molecule has 2 aliphatic heterocycles. The summed E-state index contributed by atoms with van der Waals surface area (Å²) in [5.41, 5.74) is 1.04. The van der Waals surface area contributed by atoms with Crippen LogP contribution in [0.1, 0.15) is 44.1 Å². The average Bonchev–Trinajstić information content (AvgIpc) is 3.67. The van der Waals surface area contributed by atoms with E-state index in [9.17, 15) is 29.7 Å². The van der Waals surface area contributed by atoms with Crippen LogP contribution < -0.4 is 10.6 Å². The number of thioether (sulfide) groups is 2. The van der Waals surface area contributed by atoms with Gasteiger partial charge in [0.2, 0.25) is 5.78 Å². The summed E-state index contributed by atoms with van der Waals surface area (Å²) >= 11 is 2.02. The van der Waals surface area contributed by atoms with E-state index in [0.29, 0.717) is 28.4 Å². The van der Waals surface area contributed by atoms with Crippen molar-refractivity contribution >= 4 is 68.1 Å². The Labute approximate surface area is 389 Å². The highest BCUT2D eigenvalue weighted by Crippen LogP contribution is 2.46. The second kappa shape index (κ2) is 21.3. The quantitative estimate of drug-likeness (QED) is 0.0815. The van der Waals surface area contributed by atoms with E-state index >= 15 is 4.79 Å². The van der Waals surface area contributed by atoms with Gasteiger partial charge in [0.1, 0.15) is 34.5 Å². The third-order valence-electron chi connectivity index (χ3n) is 12.1. The second-order valence-corrected chi connectivity index (χ2v) is 18.2. The molecule has 6 N–H and O–H groups in total. The number of nitrogens with zero attached hydrogens (tertiary/aromatic N) is 1. The molecular weight excluding hydrogens is 893 g/mol. The third kappa shape index (κ3) is 9.83. The zero-order chi connectivity index (χ0) is 47.3. The number of aliphatic hydroxyl groups is 2. The van der Waals surface area contributed by atoms with Crippen LogP contribution in [0.15, 0.2) is 65.5 Å². The lowest BCUT2D eigenvalue weighted by Crippen LogP contribution is -2.69. The van der Waals surface area contributed by atoms with Crippen LogP contribution in [0.5, 0.6) is 5.75 Å². The zero-order valence-electron chi connectivity index (χ0n) is 37.1. The second-order valence-electron chi connectivity index (χ2n) is 15.9. The number of carbonyl (C=O) groups is 4. The molecule has 7 rings (SSSR count).